The molecule has 1 atom stereocenters. The van der Waals surface area contributed by atoms with Crippen molar-refractivity contribution in [3.63, 3.8) is 0 Å². The Hall–Kier alpha value is -0.900. The van der Waals surface area contributed by atoms with Gasteiger partial charge in [0.2, 0.25) is 0 Å². The van der Waals surface area contributed by atoms with Crippen LogP contribution in [0.5, 0.6) is 0 Å². The van der Waals surface area contributed by atoms with Crippen molar-refractivity contribution in [1.29, 1.82) is 0 Å². The number of hydrogen-bond acceptors (Lipinski definition) is 1. The monoisotopic (exact) mass is 196 g/mol. The Morgan fingerprint density at radius 2 is 2.00 bits per heavy atom. The van der Waals surface area contributed by atoms with Gasteiger partial charge in [-0.3, -0.25) is 0 Å². The van der Waals surface area contributed by atoms with E-state index in [-0.39, 0.29) is 6.10 Å². The van der Waals surface area contributed by atoms with Gasteiger partial charge in [0.25, 0.3) is 0 Å². The van der Waals surface area contributed by atoms with Gasteiger partial charge in [0.05, 0.1) is 6.54 Å². The van der Waals surface area contributed by atoms with E-state index < -0.39 is 0 Å². The van der Waals surface area contributed by atoms with Crippen molar-refractivity contribution in [3.8, 4) is 0 Å². The summed E-state index contributed by atoms with van der Waals surface area (Å²) in [6.07, 6.45) is 0.802. The summed E-state index contributed by atoms with van der Waals surface area (Å²) in [6.45, 7) is 2.39. The van der Waals surface area contributed by atoms with E-state index in [2.05, 4.69) is 35.3 Å². The first kappa shape index (κ1) is 11.2. The first-order valence-corrected chi connectivity index (χ1v) is 5.16. The van der Waals surface area contributed by atoms with E-state index in [0.29, 0.717) is 6.54 Å². The number of aliphatic hydroxyl groups is 1. The van der Waals surface area contributed by atoms with Gasteiger partial charge in [0.15, 0.2) is 6.10 Å². The van der Waals surface area contributed by atoms with Gasteiger partial charge in [0.1, 0.15) is 13.1 Å². The van der Waals surface area contributed by atoms with Gasteiger partial charge in [-0.15, -0.1) is 0 Å². The summed E-state index contributed by atoms with van der Waals surface area (Å²) in [7, 11) is 0. The first-order valence-electron chi connectivity index (χ1n) is 5.16. The van der Waals surface area contributed by atoms with Gasteiger partial charge in [-0.05, 0) is 5.56 Å². The largest absolute Gasteiger partial charge is 0.382 e. The van der Waals surface area contributed by atoms with E-state index in [4.69, 9.17) is 0 Å². The zero-order chi connectivity index (χ0) is 10.2. The molecule has 0 aliphatic carbocycles. The lowest BCUT2D eigenvalue weighted by molar-refractivity contribution is -0.663. The van der Waals surface area contributed by atoms with Crippen LogP contribution in [-0.4, -0.2) is 30.8 Å². The Bertz CT molecular complexity index is 238. The molecule has 1 aromatic rings. The van der Waals surface area contributed by atoms with Crippen molar-refractivity contribution in [2.24, 2.45) is 0 Å². The number of hydrogen-bond donors (Lipinski definition) is 3. The smallest absolute Gasteiger partial charge is 0.151 e. The lowest BCUT2D eigenvalue weighted by Gasteiger charge is -2.04. The van der Waals surface area contributed by atoms with Crippen LogP contribution in [0.25, 0.3) is 0 Å². The van der Waals surface area contributed by atoms with E-state index in [1.807, 2.05) is 6.07 Å². The molecule has 0 aliphatic heterocycles. The predicted octanol–water partition coefficient (Wildman–Crippen LogP) is -1.60. The molecule has 3 nitrogen and oxygen atoms in total. The SMILES string of the molecule is [NH3+]C[C@H](O)C[NH2+]CCc1ccccc1. The lowest BCUT2D eigenvalue weighted by Crippen LogP contribution is -2.88. The van der Waals surface area contributed by atoms with Gasteiger partial charge in [0, 0.05) is 6.42 Å². The van der Waals surface area contributed by atoms with Crippen molar-refractivity contribution in [2.75, 3.05) is 19.6 Å². The molecule has 0 spiro atoms. The summed E-state index contributed by atoms with van der Waals surface area (Å²) < 4.78 is 0. The fourth-order valence-electron chi connectivity index (χ4n) is 1.34. The summed E-state index contributed by atoms with van der Waals surface area (Å²) in [5, 5.41) is 11.4. The first-order chi connectivity index (χ1) is 6.83. The van der Waals surface area contributed by atoms with E-state index in [1.165, 1.54) is 5.56 Å². The highest BCUT2D eigenvalue weighted by Crippen LogP contribution is 1.96. The molecule has 0 aromatic heterocycles. The zero-order valence-electron chi connectivity index (χ0n) is 8.52. The van der Waals surface area contributed by atoms with E-state index >= 15 is 0 Å². The third kappa shape index (κ3) is 4.37. The number of benzene rings is 1. The number of aliphatic hydroxyl groups excluding tert-OH is 1. The van der Waals surface area contributed by atoms with Crippen LogP contribution in [0.3, 0.4) is 0 Å². The van der Waals surface area contributed by atoms with Crippen LogP contribution in [0, 0.1) is 0 Å². The van der Waals surface area contributed by atoms with Crippen molar-refractivity contribution in [2.45, 2.75) is 12.5 Å². The van der Waals surface area contributed by atoms with Crippen LogP contribution in [-0.2, 0) is 6.42 Å². The molecule has 1 aromatic carbocycles. The third-order valence-corrected chi connectivity index (χ3v) is 2.25. The highest BCUT2D eigenvalue weighted by atomic mass is 16.3. The molecule has 0 heterocycles. The molecule has 6 N–H and O–H groups in total. The second-order valence-corrected chi connectivity index (χ2v) is 3.49. The molecule has 1 rings (SSSR count). The summed E-state index contributed by atoms with van der Waals surface area (Å²) in [4.78, 5) is 0. The van der Waals surface area contributed by atoms with Crippen molar-refractivity contribution in [1.82, 2.24) is 0 Å². The highest BCUT2D eigenvalue weighted by molar-refractivity contribution is 5.14. The maximum atomic E-state index is 9.26. The maximum absolute atomic E-state index is 9.26. The Morgan fingerprint density at radius 1 is 1.29 bits per heavy atom. The van der Waals surface area contributed by atoms with Crippen LogP contribution in [0.4, 0.5) is 0 Å². The molecular formula is C11H20N2O+2. The van der Waals surface area contributed by atoms with Gasteiger partial charge in [-0.2, -0.15) is 0 Å². The Morgan fingerprint density at radius 3 is 2.64 bits per heavy atom. The molecule has 78 valence electrons. The van der Waals surface area contributed by atoms with Gasteiger partial charge in [-0.1, -0.05) is 30.3 Å². The Balaban J connectivity index is 2.10. The minimum atomic E-state index is -0.259. The average molecular weight is 196 g/mol. The third-order valence-electron chi connectivity index (χ3n) is 2.25. The minimum Gasteiger partial charge on any atom is -0.382 e. The Labute approximate surface area is 84.9 Å². The fourth-order valence-corrected chi connectivity index (χ4v) is 1.34. The molecule has 0 fully saturated rings. The van der Waals surface area contributed by atoms with E-state index in [1.54, 1.807) is 0 Å². The molecule has 0 aliphatic rings. The molecular weight excluding hydrogens is 176 g/mol. The lowest BCUT2D eigenvalue weighted by atomic mass is 10.1. The zero-order valence-corrected chi connectivity index (χ0v) is 8.52. The van der Waals surface area contributed by atoms with E-state index in [9.17, 15) is 5.11 Å². The molecule has 0 bridgehead atoms. The standard InChI is InChI=1S/C11H18N2O/c12-8-11(14)9-13-7-6-10-4-2-1-3-5-10/h1-5,11,13-14H,6-9,12H2/p+2/t11-/m0/s1. The van der Waals surface area contributed by atoms with Crippen LogP contribution in [0.15, 0.2) is 30.3 Å². The van der Waals surface area contributed by atoms with E-state index in [0.717, 1.165) is 19.5 Å². The highest BCUT2D eigenvalue weighted by Gasteiger charge is 2.04. The number of rotatable bonds is 6. The normalized spacial score (nSPS) is 12.7. The van der Waals surface area contributed by atoms with Crippen molar-refractivity contribution in [3.05, 3.63) is 35.9 Å². The van der Waals surface area contributed by atoms with Crippen molar-refractivity contribution >= 4 is 0 Å². The van der Waals surface area contributed by atoms with Gasteiger partial charge in [-0.25, -0.2) is 0 Å². The Kier molecular flexibility index (Phi) is 5.22. The van der Waals surface area contributed by atoms with Gasteiger partial charge >= 0.3 is 0 Å². The minimum absolute atomic E-state index is 0.259. The van der Waals surface area contributed by atoms with Crippen LogP contribution < -0.4 is 11.1 Å². The summed E-state index contributed by atoms with van der Waals surface area (Å²) in [6, 6.07) is 10.4. The molecule has 0 saturated carbocycles. The molecule has 0 amide bonds. The quantitative estimate of drug-likeness (QED) is 0.471. The molecule has 14 heavy (non-hydrogen) atoms. The summed E-state index contributed by atoms with van der Waals surface area (Å²) in [5.74, 6) is 0. The topological polar surface area (TPSA) is 64.5 Å². The number of quaternary nitrogens is 2. The van der Waals surface area contributed by atoms with Crippen molar-refractivity contribution < 1.29 is 16.2 Å². The molecule has 0 unspecified atom stereocenters. The predicted molar refractivity (Wildman–Crippen MR) is 55.6 cm³/mol. The van der Waals surface area contributed by atoms with Crippen LogP contribution in [0.1, 0.15) is 5.56 Å². The average Bonchev–Trinajstić information content (AvgIpc) is 2.25. The second kappa shape index (κ2) is 6.54. The summed E-state index contributed by atoms with van der Waals surface area (Å²) >= 11 is 0. The molecule has 0 radical (unpaired) electrons. The maximum Gasteiger partial charge on any atom is 0.151 e. The second-order valence-electron chi connectivity index (χ2n) is 3.49. The van der Waals surface area contributed by atoms with Gasteiger partial charge < -0.3 is 16.2 Å². The molecule has 3 heteroatoms. The fraction of sp³-hybridized carbons (Fsp3) is 0.455. The number of nitrogens with two attached hydrogens (primary N) is 1. The molecule has 0 saturated heterocycles. The van der Waals surface area contributed by atoms with Crippen LogP contribution in [0.2, 0.25) is 0 Å². The van der Waals surface area contributed by atoms with Crippen LogP contribution >= 0.6 is 0 Å². The summed E-state index contributed by atoms with van der Waals surface area (Å²) in [5.41, 5.74) is 5.01.